The van der Waals surface area contributed by atoms with Crippen LogP contribution in [0, 0.1) is 0 Å². The zero-order chi connectivity index (χ0) is 10.3. The highest BCUT2D eigenvalue weighted by molar-refractivity contribution is 5.91. The van der Waals surface area contributed by atoms with Crippen molar-refractivity contribution < 1.29 is 0 Å². The van der Waals surface area contributed by atoms with Gasteiger partial charge in [-0.25, -0.2) is 0 Å². The van der Waals surface area contributed by atoms with E-state index < -0.39 is 0 Å². The van der Waals surface area contributed by atoms with Crippen LogP contribution in [0.15, 0.2) is 24.3 Å². The molecule has 0 saturated heterocycles. The molecule has 0 amide bonds. The van der Waals surface area contributed by atoms with Gasteiger partial charge >= 0.3 is 0 Å². The minimum atomic E-state index is 0.733. The quantitative estimate of drug-likeness (QED) is 0.680. The van der Waals surface area contributed by atoms with Crippen LogP contribution >= 0.6 is 0 Å². The standard InChI is InChI=1S/C13H16N2/c14-11-6-3-7-12-10(11)8-13(15-12)9-4-1-2-5-9/h3,6-9,15H,1-2,4-5,14H2. The molecule has 0 spiro atoms. The third-order valence-corrected chi connectivity index (χ3v) is 3.51. The highest BCUT2D eigenvalue weighted by Crippen LogP contribution is 2.35. The van der Waals surface area contributed by atoms with E-state index in [1.807, 2.05) is 12.1 Å². The molecule has 1 aromatic carbocycles. The molecule has 1 aromatic heterocycles. The van der Waals surface area contributed by atoms with Crippen LogP contribution in [0.1, 0.15) is 37.3 Å². The van der Waals surface area contributed by atoms with Crippen LogP contribution in [-0.4, -0.2) is 4.98 Å². The first-order chi connectivity index (χ1) is 7.34. The summed E-state index contributed by atoms with van der Waals surface area (Å²) in [6.07, 6.45) is 5.39. The number of H-pyrrole nitrogens is 1. The third-order valence-electron chi connectivity index (χ3n) is 3.51. The van der Waals surface area contributed by atoms with Gasteiger partial charge < -0.3 is 10.7 Å². The Balaban J connectivity index is 2.09. The number of fused-ring (bicyclic) bond motifs is 1. The summed E-state index contributed by atoms with van der Waals surface area (Å²) < 4.78 is 0. The number of benzene rings is 1. The molecule has 2 aromatic rings. The molecular weight excluding hydrogens is 184 g/mol. The number of aromatic nitrogens is 1. The van der Waals surface area contributed by atoms with Crippen molar-refractivity contribution in [3.63, 3.8) is 0 Å². The molecule has 1 aliphatic rings. The van der Waals surface area contributed by atoms with E-state index in [0.29, 0.717) is 0 Å². The molecule has 0 aliphatic heterocycles. The van der Waals surface area contributed by atoms with Crippen molar-refractivity contribution in [3.8, 4) is 0 Å². The summed E-state index contributed by atoms with van der Waals surface area (Å²) in [5.41, 5.74) is 9.38. The SMILES string of the molecule is Nc1cccc2[nH]c(C3CCCC3)cc12. The number of anilines is 1. The molecule has 3 rings (SSSR count). The number of rotatable bonds is 1. The molecule has 1 fully saturated rings. The molecule has 0 radical (unpaired) electrons. The van der Waals surface area contributed by atoms with E-state index in [9.17, 15) is 0 Å². The van der Waals surface area contributed by atoms with Crippen LogP contribution in [0.4, 0.5) is 5.69 Å². The molecule has 2 nitrogen and oxygen atoms in total. The highest BCUT2D eigenvalue weighted by atomic mass is 14.7. The predicted octanol–water partition coefficient (Wildman–Crippen LogP) is 3.41. The summed E-state index contributed by atoms with van der Waals surface area (Å²) in [4.78, 5) is 3.50. The van der Waals surface area contributed by atoms with Gasteiger partial charge in [0, 0.05) is 22.3 Å². The molecular formula is C13H16N2. The fourth-order valence-electron chi connectivity index (χ4n) is 2.66. The van der Waals surface area contributed by atoms with E-state index in [4.69, 9.17) is 5.73 Å². The Morgan fingerprint density at radius 2 is 2.00 bits per heavy atom. The van der Waals surface area contributed by atoms with Gasteiger partial charge in [-0.2, -0.15) is 0 Å². The average molecular weight is 200 g/mol. The molecule has 0 bridgehead atoms. The van der Waals surface area contributed by atoms with Crippen molar-refractivity contribution in [2.45, 2.75) is 31.6 Å². The first-order valence-electron chi connectivity index (χ1n) is 5.72. The summed E-state index contributed by atoms with van der Waals surface area (Å²) in [6.45, 7) is 0. The molecule has 1 heterocycles. The number of nitrogens with two attached hydrogens (primary N) is 1. The van der Waals surface area contributed by atoms with E-state index >= 15 is 0 Å². The van der Waals surface area contributed by atoms with Gasteiger partial charge in [-0.1, -0.05) is 18.9 Å². The third kappa shape index (κ3) is 1.41. The molecule has 3 N–H and O–H groups in total. The minimum Gasteiger partial charge on any atom is -0.398 e. The van der Waals surface area contributed by atoms with Gasteiger partial charge in [-0.3, -0.25) is 0 Å². The number of nitrogen functional groups attached to an aromatic ring is 1. The zero-order valence-electron chi connectivity index (χ0n) is 8.79. The van der Waals surface area contributed by atoms with Crippen molar-refractivity contribution in [2.24, 2.45) is 0 Å². The van der Waals surface area contributed by atoms with Crippen LogP contribution in [0.25, 0.3) is 10.9 Å². The summed E-state index contributed by atoms with van der Waals surface area (Å²) in [5.74, 6) is 0.733. The fraction of sp³-hybridized carbons (Fsp3) is 0.385. The highest BCUT2D eigenvalue weighted by Gasteiger charge is 2.18. The Labute approximate surface area is 89.5 Å². The lowest BCUT2D eigenvalue weighted by molar-refractivity contribution is 0.705. The fourth-order valence-corrected chi connectivity index (χ4v) is 2.66. The molecule has 2 heteroatoms. The Bertz CT molecular complexity index is 478. The molecule has 0 unspecified atom stereocenters. The van der Waals surface area contributed by atoms with Gasteiger partial charge in [0.15, 0.2) is 0 Å². The van der Waals surface area contributed by atoms with Gasteiger partial charge in [-0.05, 0) is 37.0 Å². The van der Waals surface area contributed by atoms with E-state index in [2.05, 4.69) is 17.1 Å². The lowest BCUT2D eigenvalue weighted by Crippen LogP contribution is -1.90. The number of hydrogen-bond acceptors (Lipinski definition) is 1. The summed E-state index contributed by atoms with van der Waals surface area (Å²) in [6, 6.07) is 8.31. The Kier molecular flexibility index (Phi) is 1.94. The van der Waals surface area contributed by atoms with Crippen molar-refractivity contribution in [1.82, 2.24) is 4.98 Å². The molecule has 78 valence electrons. The summed E-state index contributed by atoms with van der Waals surface area (Å²) >= 11 is 0. The van der Waals surface area contributed by atoms with Gasteiger partial charge in [0.25, 0.3) is 0 Å². The lowest BCUT2D eigenvalue weighted by atomic mass is 10.0. The number of nitrogens with one attached hydrogen (secondary N) is 1. The van der Waals surface area contributed by atoms with Crippen LogP contribution < -0.4 is 5.73 Å². The maximum absolute atomic E-state index is 5.95. The monoisotopic (exact) mass is 200 g/mol. The van der Waals surface area contributed by atoms with Crippen LogP contribution in [0.5, 0.6) is 0 Å². The van der Waals surface area contributed by atoms with Gasteiger partial charge in [-0.15, -0.1) is 0 Å². The lowest BCUT2D eigenvalue weighted by Gasteiger charge is -2.04. The van der Waals surface area contributed by atoms with Gasteiger partial charge in [0.1, 0.15) is 0 Å². The van der Waals surface area contributed by atoms with Crippen molar-refractivity contribution in [3.05, 3.63) is 30.0 Å². The predicted molar refractivity (Wildman–Crippen MR) is 63.9 cm³/mol. The first-order valence-corrected chi connectivity index (χ1v) is 5.72. The largest absolute Gasteiger partial charge is 0.398 e. The van der Waals surface area contributed by atoms with Crippen molar-refractivity contribution in [1.29, 1.82) is 0 Å². The number of aromatic amines is 1. The smallest absolute Gasteiger partial charge is 0.0477 e. The Hall–Kier alpha value is -1.44. The van der Waals surface area contributed by atoms with E-state index in [1.54, 1.807) is 0 Å². The normalized spacial score (nSPS) is 17.6. The van der Waals surface area contributed by atoms with Crippen LogP contribution in [0.3, 0.4) is 0 Å². The second-order valence-corrected chi connectivity index (χ2v) is 4.51. The maximum Gasteiger partial charge on any atom is 0.0477 e. The Morgan fingerprint density at radius 1 is 1.20 bits per heavy atom. The zero-order valence-corrected chi connectivity index (χ0v) is 8.79. The molecule has 1 aliphatic carbocycles. The van der Waals surface area contributed by atoms with E-state index in [0.717, 1.165) is 11.6 Å². The van der Waals surface area contributed by atoms with Gasteiger partial charge in [0.2, 0.25) is 0 Å². The minimum absolute atomic E-state index is 0.733. The summed E-state index contributed by atoms with van der Waals surface area (Å²) in [7, 11) is 0. The van der Waals surface area contributed by atoms with E-state index in [1.165, 1.54) is 42.3 Å². The second-order valence-electron chi connectivity index (χ2n) is 4.51. The van der Waals surface area contributed by atoms with Crippen LogP contribution in [-0.2, 0) is 0 Å². The Morgan fingerprint density at radius 3 is 2.73 bits per heavy atom. The second kappa shape index (κ2) is 3.30. The maximum atomic E-state index is 5.95. The topological polar surface area (TPSA) is 41.8 Å². The molecule has 0 atom stereocenters. The van der Waals surface area contributed by atoms with Crippen LogP contribution in [0.2, 0.25) is 0 Å². The van der Waals surface area contributed by atoms with E-state index in [-0.39, 0.29) is 0 Å². The average Bonchev–Trinajstić information content (AvgIpc) is 2.86. The van der Waals surface area contributed by atoms with Gasteiger partial charge in [0.05, 0.1) is 0 Å². The first kappa shape index (κ1) is 8.84. The number of hydrogen-bond donors (Lipinski definition) is 2. The molecule has 15 heavy (non-hydrogen) atoms. The molecule has 1 saturated carbocycles. The summed E-state index contributed by atoms with van der Waals surface area (Å²) in [5, 5.41) is 1.18. The van der Waals surface area contributed by atoms with Crippen molar-refractivity contribution >= 4 is 16.6 Å². The van der Waals surface area contributed by atoms with Crippen molar-refractivity contribution in [2.75, 3.05) is 5.73 Å².